The Morgan fingerprint density at radius 2 is 1.67 bits per heavy atom. The molecule has 0 radical (unpaired) electrons. The molecule has 1 aliphatic heterocycles. The lowest BCUT2D eigenvalue weighted by Gasteiger charge is -2.32. The fourth-order valence-electron chi connectivity index (χ4n) is 4.46. The number of ether oxygens (including phenoxy) is 1. The highest BCUT2D eigenvalue weighted by atomic mass is 16.6. The summed E-state index contributed by atoms with van der Waals surface area (Å²) in [5.74, 6) is -0.363. The Morgan fingerprint density at radius 3 is 2.27 bits per heavy atom. The summed E-state index contributed by atoms with van der Waals surface area (Å²) in [6.07, 6.45) is 5.46. The number of benzene rings is 2. The van der Waals surface area contributed by atoms with Gasteiger partial charge in [-0.2, -0.15) is 0 Å². The summed E-state index contributed by atoms with van der Waals surface area (Å²) in [6.45, 7) is 11.2. The molecule has 0 bridgehead atoms. The third kappa shape index (κ3) is 3.80. The molecule has 1 atom stereocenters. The number of carbonyl (C=O) groups excluding carboxylic acids is 1. The van der Waals surface area contributed by atoms with Crippen molar-refractivity contribution in [2.45, 2.75) is 12.5 Å². The van der Waals surface area contributed by atoms with Gasteiger partial charge in [0.1, 0.15) is 5.69 Å². The Labute approximate surface area is 195 Å². The molecule has 4 rings (SSSR count). The van der Waals surface area contributed by atoms with Crippen molar-refractivity contribution in [1.82, 2.24) is 4.98 Å². The lowest BCUT2D eigenvalue weighted by atomic mass is 9.80. The maximum Gasteiger partial charge on any atom is 0.341 e. The minimum absolute atomic E-state index is 0.363. The summed E-state index contributed by atoms with van der Waals surface area (Å²) in [5.41, 5.74) is 4.90. The van der Waals surface area contributed by atoms with Crippen LogP contribution in [0.4, 0.5) is 11.4 Å². The van der Waals surface area contributed by atoms with Gasteiger partial charge < -0.3 is 14.5 Å². The normalized spacial score (nSPS) is 16.6. The van der Waals surface area contributed by atoms with E-state index < -0.39 is 5.60 Å². The molecule has 0 spiro atoms. The van der Waals surface area contributed by atoms with Crippen LogP contribution >= 0.6 is 0 Å². The Balaban J connectivity index is 1.91. The van der Waals surface area contributed by atoms with Crippen LogP contribution in [0.5, 0.6) is 0 Å². The van der Waals surface area contributed by atoms with Crippen LogP contribution < -0.4 is 9.80 Å². The molecular formula is C28H29N3O2. The van der Waals surface area contributed by atoms with E-state index in [-0.39, 0.29) is 5.97 Å². The molecule has 3 aromatic rings. The number of fused-ring (bicyclic) bond motifs is 1. The van der Waals surface area contributed by atoms with Crippen LogP contribution in [0.25, 0.3) is 0 Å². The molecule has 0 N–H and O–H groups in total. The molecule has 33 heavy (non-hydrogen) atoms. The minimum atomic E-state index is -1.11. The van der Waals surface area contributed by atoms with Gasteiger partial charge in [0.05, 0.1) is 5.56 Å². The van der Waals surface area contributed by atoms with Gasteiger partial charge in [-0.1, -0.05) is 30.4 Å². The van der Waals surface area contributed by atoms with Crippen molar-refractivity contribution in [3.63, 3.8) is 0 Å². The summed E-state index contributed by atoms with van der Waals surface area (Å²) in [4.78, 5) is 21.8. The van der Waals surface area contributed by atoms with Crippen molar-refractivity contribution in [1.29, 1.82) is 0 Å². The molecule has 0 aliphatic carbocycles. The van der Waals surface area contributed by atoms with Crippen molar-refractivity contribution >= 4 is 17.3 Å². The molecule has 5 heteroatoms. The van der Waals surface area contributed by atoms with Crippen molar-refractivity contribution < 1.29 is 9.53 Å². The zero-order chi connectivity index (χ0) is 23.6. The number of hydrogen-bond donors (Lipinski definition) is 0. The number of aromatic nitrogens is 1. The Morgan fingerprint density at radius 1 is 1.00 bits per heavy atom. The number of hydrogen-bond acceptors (Lipinski definition) is 5. The van der Waals surface area contributed by atoms with E-state index >= 15 is 0 Å². The molecule has 0 saturated carbocycles. The van der Waals surface area contributed by atoms with Crippen LogP contribution in [-0.2, 0) is 10.3 Å². The van der Waals surface area contributed by atoms with E-state index in [4.69, 9.17) is 4.74 Å². The maximum atomic E-state index is 13.0. The zero-order valence-electron chi connectivity index (χ0n) is 19.4. The standard InChI is InChI=1S/C28H29N3O2/c1-6-17-31(18-7-2)23-14-15-25(20(3)19-23)28(21-10-12-22(13-11-21)30(4)5)26-24(27(32)33-28)9-8-16-29-26/h6-16,19H,1-2,17-18H2,3-5H3. The smallest absolute Gasteiger partial charge is 0.341 e. The van der Waals surface area contributed by atoms with E-state index in [0.29, 0.717) is 24.3 Å². The summed E-state index contributed by atoms with van der Waals surface area (Å²) >= 11 is 0. The Hall–Kier alpha value is -3.86. The molecular weight excluding hydrogens is 410 g/mol. The topological polar surface area (TPSA) is 45.7 Å². The first-order valence-electron chi connectivity index (χ1n) is 11.0. The highest BCUT2D eigenvalue weighted by Gasteiger charge is 2.50. The second-order valence-electron chi connectivity index (χ2n) is 8.39. The largest absolute Gasteiger partial charge is 0.439 e. The van der Waals surface area contributed by atoms with Gasteiger partial charge in [-0.25, -0.2) is 4.79 Å². The van der Waals surface area contributed by atoms with Gasteiger partial charge in [-0.15, -0.1) is 13.2 Å². The molecule has 2 heterocycles. The van der Waals surface area contributed by atoms with Crippen LogP contribution in [0, 0.1) is 6.92 Å². The first-order chi connectivity index (χ1) is 15.9. The van der Waals surface area contributed by atoms with Gasteiger partial charge in [-0.3, -0.25) is 4.98 Å². The van der Waals surface area contributed by atoms with E-state index in [1.165, 1.54) is 0 Å². The highest BCUT2D eigenvalue weighted by molar-refractivity contribution is 5.95. The van der Waals surface area contributed by atoms with Crippen molar-refractivity contribution in [2.75, 3.05) is 37.0 Å². The first-order valence-corrected chi connectivity index (χ1v) is 11.0. The number of carbonyl (C=O) groups is 1. The van der Waals surface area contributed by atoms with Crippen molar-refractivity contribution in [3.8, 4) is 0 Å². The Bertz CT molecular complexity index is 1190. The average molecular weight is 440 g/mol. The fraction of sp³-hybridized carbons (Fsp3) is 0.214. The van der Waals surface area contributed by atoms with Crippen LogP contribution in [0.1, 0.15) is 32.7 Å². The van der Waals surface area contributed by atoms with Gasteiger partial charge in [0, 0.05) is 55.9 Å². The minimum Gasteiger partial charge on any atom is -0.439 e. The molecule has 0 fully saturated rings. The molecule has 0 saturated heterocycles. The van der Waals surface area contributed by atoms with Crippen LogP contribution in [-0.4, -0.2) is 38.1 Å². The van der Waals surface area contributed by atoms with E-state index in [1.807, 2.05) is 68.4 Å². The molecule has 0 amide bonds. The van der Waals surface area contributed by atoms with Gasteiger partial charge in [-0.05, 0) is 48.9 Å². The monoisotopic (exact) mass is 439 g/mol. The number of pyridine rings is 1. The SMILES string of the molecule is C=CCN(CC=C)c1ccc(C2(c3ccc(N(C)C)cc3)OC(=O)c3cccnc32)c(C)c1. The lowest BCUT2D eigenvalue weighted by molar-refractivity contribution is 0.0242. The predicted octanol–water partition coefficient (Wildman–Crippen LogP) is 5.10. The second kappa shape index (κ2) is 8.94. The number of esters is 1. The first kappa shape index (κ1) is 22.3. The average Bonchev–Trinajstić information content (AvgIpc) is 3.12. The zero-order valence-corrected chi connectivity index (χ0v) is 19.4. The summed E-state index contributed by atoms with van der Waals surface area (Å²) < 4.78 is 6.21. The molecule has 168 valence electrons. The second-order valence-corrected chi connectivity index (χ2v) is 8.39. The molecule has 2 aromatic carbocycles. The molecule has 1 unspecified atom stereocenters. The summed E-state index contributed by atoms with van der Waals surface area (Å²) in [6, 6.07) is 17.9. The number of rotatable bonds is 8. The van der Waals surface area contributed by atoms with Crippen molar-refractivity contribution in [2.24, 2.45) is 0 Å². The number of anilines is 2. The lowest BCUT2D eigenvalue weighted by Crippen LogP contribution is -2.32. The van der Waals surface area contributed by atoms with E-state index in [9.17, 15) is 4.79 Å². The third-order valence-electron chi connectivity index (χ3n) is 6.05. The number of nitrogens with zero attached hydrogens (tertiary/aromatic N) is 3. The van der Waals surface area contributed by atoms with Crippen LogP contribution in [0.2, 0.25) is 0 Å². The van der Waals surface area contributed by atoms with Crippen LogP contribution in [0.3, 0.4) is 0 Å². The maximum absolute atomic E-state index is 13.0. The van der Waals surface area contributed by atoms with Gasteiger partial charge in [0.25, 0.3) is 0 Å². The molecule has 1 aliphatic rings. The van der Waals surface area contributed by atoms with Gasteiger partial charge >= 0.3 is 5.97 Å². The summed E-state index contributed by atoms with van der Waals surface area (Å²) in [5, 5.41) is 0. The van der Waals surface area contributed by atoms with Gasteiger partial charge in [0.2, 0.25) is 5.60 Å². The molecule has 1 aromatic heterocycles. The number of cyclic esters (lactones) is 1. The molecule has 5 nitrogen and oxygen atoms in total. The van der Waals surface area contributed by atoms with E-state index in [2.05, 4.69) is 35.2 Å². The Kier molecular flexibility index (Phi) is 6.05. The third-order valence-corrected chi connectivity index (χ3v) is 6.05. The quantitative estimate of drug-likeness (QED) is 0.361. The van der Waals surface area contributed by atoms with Crippen LogP contribution in [0.15, 0.2) is 86.1 Å². The fourth-order valence-corrected chi connectivity index (χ4v) is 4.46. The number of aryl methyl sites for hydroxylation is 1. The van der Waals surface area contributed by atoms with E-state index in [0.717, 1.165) is 28.1 Å². The van der Waals surface area contributed by atoms with E-state index in [1.54, 1.807) is 18.3 Å². The predicted molar refractivity (Wildman–Crippen MR) is 134 cm³/mol. The van der Waals surface area contributed by atoms with Crippen molar-refractivity contribution in [3.05, 3.63) is 114 Å². The van der Waals surface area contributed by atoms with Gasteiger partial charge in [0.15, 0.2) is 0 Å². The summed E-state index contributed by atoms with van der Waals surface area (Å²) in [7, 11) is 4.00. The highest BCUT2D eigenvalue weighted by Crippen LogP contribution is 2.47.